The van der Waals surface area contributed by atoms with Crippen LogP contribution in [0.5, 0.6) is 0 Å². The van der Waals surface area contributed by atoms with Crippen LogP contribution in [-0.2, 0) is 0 Å². The van der Waals surface area contributed by atoms with Crippen molar-refractivity contribution in [1.82, 2.24) is 5.32 Å². The third kappa shape index (κ3) is 2.69. The zero-order valence-corrected chi connectivity index (χ0v) is 9.03. The van der Waals surface area contributed by atoms with Crippen LogP contribution in [0.15, 0.2) is 0 Å². The van der Waals surface area contributed by atoms with Gasteiger partial charge in [0.25, 0.3) is 0 Å². The van der Waals surface area contributed by atoms with Gasteiger partial charge in [0, 0.05) is 12.6 Å². The normalized spacial score (nSPS) is 28.1. The van der Waals surface area contributed by atoms with Gasteiger partial charge in [0.2, 0.25) is 0 Å². The van der Waals surface area contributed by atoms with E-state index in [2.05, 4.69) is 5.32 Å². The highest BCUT2D eigenvalue weighted by atomic mass is 19.1. The van der Waals surface area contributed by atoms with Crippen LogP contribution in [-0.4, -0.2) is 18.3 Å². The summed E-state index contributed by atoms with van der Waals surface area (Å²) in [7, 11) is 0. The Hall–Kier alpha value is -0.110. The first-order chi connectivity index (χ1) is 6.79. The molecule has 0 heterocycles. The number of rotatable bonds is 3. The molecule has 2 fully saturated rings. The van der Waals surface area contributed by atoms with Crippen molar-refractivity contribution >= 4 is 0 Å². The molecule has 0 spiro atoms. The minimum absolute atomic E-state index is 0.603. The van der Waals surface area contributed by atoms with Crippen molar-refractivity contribution in [3.63, 3.8) is 0 Å². The van der Waals surface area contributed by atoms with Gasteiger partial charge in [-0.3, -0.25) is 0 Å². The van der Waals surface area contributed by atoms with Gasteiger partial charge >= 0.3 is 0 Å². The average molecular weight is 199 g/mol. The summed E-state index contributed by atoms with van der Waals surface area (Å²) in [6.45, 7) is 0.609. The monoisotopic (exact) mass is 199 g/mol. The fourth-order valence-corrected chi connectivity index (χ4v) is 2.55. The summed E-state index contributed by atoms with van der Waals surface area (Å²) < 4.78 is 13.7. The van der Waals surface area contributed by atoms with Gasteiger partial charge in [-0.2, -0.15) is 0 Å². The Morgan fingerprint density at radius 3 is 2.14 bits per heavy atom. The lowest BCUT2D eigenvalue weighted by Gasteiger charge is -2.35. The molecule has 0 radical (unpaired) electrons. The smallest absolute Gasteiger partial charge is 0.123 e. The standard InChI is InChI=1S/C12H22FN/c13-12(8-5-9-12)10-14-11-6-3-1-2-4-7-11/h11,14H,1-10H2. The second-order valence-electron chi connectivity index (χ2n) is 5.07. The van der Waals surface area contributed by atoms with E-state index in [-0.39, 0.29) is 0 Å². The fraction of sp³-hybridized carbons (Fsp3) is 1.00. The van der Waals surface area contributed by atoms with Crippen LogP contribution in [0.2, 0.25) is 0 Å². The van der Waals surface area contributed by atoms with Crippen LogP contribution in [0.1, 0.15) is 57.8 Å². The minimum atomic E-state index is -0.841. The Morgan fingerprint density at radius 1 is 1.00 bits per heavy atom. The van der Waals surface area contributed by atoms with Gasteiger partial charge in [-0.25, -0.2) is 4.39 Å². The lowest BCUT2D eigenvalue weighted by Crippen LogP contribution is -2.45. The van der Waals surface area contributed by atoms with Crippen molar-refractivity contribution in [2.24, 2.45) is 0 Å². The predicted octanol–water partition coefficient (Wildman–Crippen LogP) is 3.19. The molecule has 0 saturated heterocycles. The Morgan fingerprint density at radius 2 is 1.64 bits per heavy atom. The number of halogens is 1. The Balaban J connectivity index is 1.68. The lowest BCUT2D eigenvalue weighted by atomic mass is 9.82. The van der Waals surface area contributed by atoms with Crippen LogP contribution >= 0.6 is 0 Å². The van der Waals surface area contributed by atoms with Gasteiger partial charge in [0.1, 0.15) is 5.67 Å². The van der Waals surface area contributed by atoms with E-state index < -0.39 is 5.67 Å². The number of nitrogens with one attached hydrogen (secondary N) is 1. The van der Waals surface area contributed by atoms with E-state index in [1.54, 1.807) is 0 Å². The van der Waals surface area contributed by atoms with Crippen molar-refractivity contribution in [1.29, 1.82) is 0 Å². The van der Waals surface area contributed by atoms with E-state index in [0.29, 0.717) is 12.6 Å². The second kappa shape index (κ2) is 4.61. The highest BCUT2D eigenvalue weighted by molar-refractivity contribution is 4.91. The molecule has 0 aromatic carbocycles. The maximum atomic E-state index is 13.7. The van der Waals surface area contributed by atoms with Gasteiger partial charge in [-0.1, -0.05) is 25.7 Å². The molecule has 0 aliphatic heterocycles. The van der Waals surface area contributed by atoms with E-state index in [1.807, 2.05) is 0 Å². The van der Waals surface area contributed by atoms with Gasteiger partial charge in [0.05, 0.1) is 0 Å². The molecule has 2 aliphatic rings. The van der Waals surface area contributed by atoms with E-state index in [0.717, 1.165) is 19.3 Å². The maximum Gasteiger partial charge on any atom is 0.123 e. The molecule has 2 heteroatoms. The minimum Gasteiger partial charge on any atom is -0.311 e. The molecule has 2 saturated carbocycles. The predicted molar refractivity (Wildman–Crippen MR) is 57.2 cm³/mol. The Kier molecular flexibility index (Phi) is 3.42. The topological polar surface area (TPSA) is 12.0 Å². The molecule has 0 amide bonds. The molecule has 0 atom stereocenters. The highest BCUT2D eigenvalue weighted by Gasteiger charge is 2.36. The molecule has 0 aromatic rings. The maximum absolute atomic E-state index is 13.7. The largest absolute Gasteiger partial charge is 0.311 e. The van der Waals surface area contributed by atoms with Gasteiger partial charge in [-0.05, 0) is 32.1 Å². The Labute approximate surface area is 86.5 Å². The molecule has 0 bridgehead atoms. The highest BCUT2D eigenvalue weighted by Crippen LogP contribution is 2.35. The number of hydrogen-bond donors (Lipinski definition) is 1. The van der Waals surface area contributed by atoms with Crippen LogP contribution in [0.4, 0.5) is 4.39 Å². The second-order valence-corrected chi connectivity index (χ2v) is 5.07. The van der Waals surface area contributed by atoms with Crippen molar-refractivity contribution in [2.75, 3.05) is 6.54 Å². The van der Waals surface area contributed by atoms with E-state index >= 15 is 0 Å². The van der Waals surface area contributed by atoms with Crippen LogP contribution in [0.25, 0.3) is 0 Å². The molecule has 14 heavy (non-hydrogen) atoms. The lowest BCUT2D eigenvalue weighted by molar-refractivity contribution is 0.0593. The molecule has 0 aromatic heterocycles. The third-order valence-electron chi connectivity index (χ3n) is 3.81. The van der Waals surface area contributed by atoms with Crippen molar-refractivity contribution in [3.05, 3.63) is 0 Å². The van der Waals surface area contributed by atoms with Crippen molar-refractivity contribution in [2.45, 2.75) is 69.5 Å². The molecule has 82 valence electrons. The van der Waals surface area contributed by atoms with Gasteiger partial charge < -0.3 is 5.32 Å². The first-order valence-electron chi connectivity index (χ1n) is 6.21. The van der Waals surface area contributed by atoms with Crippen LogP contribution < -0.4 is 5.32 Å². The zero-order chi connectivity index (χ0) is 9.86. The first-order valence-corrected chi connectivity index (χ1v) is 6.21. The first kappa shape index (κ1) is 10.4. The summed E-state index contributed by atoms with van der Waals surface area (Å²) >= 11 is 0. The molecule has 1 N–H and O–H groups in total. The fourth-order valence-electron chi connectivity index (χ4n) is 2.55. The molecular formula is C12H22FN. The van der Waals surface area contributed by atoms with E-state index in [4.69, 9.17) is 0 Å². The third-order valence-corrected chi connectivity index (χ3v) is 3.81. The van der Waals surface area contributed by atoms with Gasteiger partial charge in [-0.15, -0.1) is 0 Å². The van der Waals surface area contributed by atoms with Crippen molar-refractivity contribution < 1.29 is 4.39 Å². The number of alkyl halides is 1. The summed E-state index contributed by atoms with van der Waals surface area (Å²) in [6.07, 6.45) is 10.6. The van der Waals surface area contributed by atoms with E-state index in [1.165, 1.54) is 38.5 Å². The summed E-state index contributed by atoms with van der Waals surface area (Å²) in [5.74, 6) is 0. The average Bonchev–Trinajstić information content (AvgIpc) is 2.40. The molecule has 2 aliphatic carbocycles. The van der Waals surface area contributed by atoms with Crippen LogP contribution in [0.3, 0.4) is 0 Å². The molecular weight excluding hydrogens is 177 g/mol. The summed E-state index contributed by atoms with van der Waals surface area (Å²) in [6, 6.07) is 0.603. The summed E-state index contributed by atoms with van der Waals surface area (Å²) in [5.41, 5.74) is -0.841. The quantitative estimate of drug-likeness (QED) is 0.688. The molecule has 2 rings (SSSR count). The number of hydrogen-bond acceptors (Lipinski definition) is 1. The molecule has 1 nitrogen and oxygen atoms in total. The SMILES string of the molecule is FC1(CNC2CCCCCC2)CCC1. The summed E-state index contributed by atoms with van der Waals surface area (Å²) in [5, 5.41) is 3.43. The zero-order valence-electron chi connectivity index (χ0n) is 9.03. The molecule has 0 unspecified atom stereocenters. The van der Waals surface area contributed by atoms with Crippen LogP contribution in [0, 0.1) is 0 Å². The Bertz CT molecular complexity index is 169. The van der Waals surface area contributed by atoms with Gasteiger partial charge in [0.15, 0.2) is 0 Å². The van der Waals surface area contributed by atoms with Crippen molar-refractivity contribution in [3.8, 4) is 0 Å². The van der Waals surface area contributed by atoms with E-state index in [9.17, 15) is 4.39 Å². The summed E-state index contributed by atoms with van der Waals surface area (Å²) in [4.78, 5) is 0.